The molecule has 0 aromatic rings. The van der Waals surface area contributed by atoms with Gasteiger partial charge in [-0.15, -0.1) is 0 Å². The Morgan fingerprint density at radius 1 is 1.00 bits per heavy atom. The van der Waals surface area contributed by atoms with E-state index in [9.17, 15) is 0 Å². The quantitative estimate of drug-likeness (QED) is 0.552. The molecule has 0 unspecified atom stereocenters. The number of ether oxygens (including phenoxy) is 1. The van der Waals surface area contributed by atoms with Crippen molar-refractivity contribution in [1.82, 2.24) is 0 Å². The fraction of sp³-hybridized carbons (Fsp3) is 1.00. The third kappa shape index (κ3) is 8.52. The molecule has 0 radical (unpaired) electrons. The largest absolute Gasteiger partial charge is 0.396 e. The van der Waals surface area contributed by atoms with E-state index in [1.807, 2.05) is 0 Å². The Bertz CT molecular complexity index is 100. The monoisotopic (exact) mass is 202 g/mol. The van der Waals surface area contributed by atoms with Gasteiger partial charge in [0.2, 0.25) is 0 Å². The van der Waals surface area contributed by atoms with Gasteiger partial charge in [-0.1, -0.05) is 39.5 Å². The van der Waals surface area contributed by atoms with Crippen LogP contribution in [0.1, 0.15) is 52.4 Å². The van der Waals surface area contributed by atoms with E-state index in [-0.39, 0.29) is 0 Å². The van der Waals surface area contributed by atoms with Crippen molar-refractivity contribution in [1.29, 1.82) is 0 Å². The maximum Gasteiger partial charge on any atom is 0.0494 e. The van der Waals surface area contributed by atoms with Crippen LogP contribution in [-0.2, 0) is 4.74 Å². The van der Waals surface area contributed by atoms with Gasteiger partial charge in [-0.3, -0.25) is 0 Å². The lowest BCUT2D eigenvalue weighted by Crippen LogP contribution is -2.08. The molecule has 0 saturated carbocycles. The molecule has 86 valence electrons. The van der Waals surface area contributed by atoms with E-state index in [1.54, 1.807) is 0 Å². The van der Waals surface area contributed by atoms with Crippen molar-refractivity contribution in [3.05, 3.63) is 0 Å². The SMILES string of the molecule is CCC(CC)COCCCCCCO. The molecule has 0 aliphatic carbocycles. The number of rotatable bonds is 10. The number of unbranched alkanes of at least 4 members (excludes halogenated alkanes) is 3. The minimum Gasteiger partial charge on any atom is -0.396 e. The van der Waals surface area contributed by atoms with Crippen LogP contribution in [0.15, 0.2) is 0 Å². The van der Waals surface area contributed by atoms with Gasteiger partial charge >= 0.3 is 0 Å². The smallest absolute Gasteiger partial charge is 0.0494 e. The van der Waals surface area contributed by atoms with Crippen molar-refractivity contribution in [2.75, 3.05) is 19.8 Å². The Morgan fingerprint density at radius 3 is 2.21 bits per heavy atom. The summed E-state index contributed by atoms with van der Waals surface area (Å²) in [5.74, 6) is 0.743. The highest BCUT2D eigenvalue weighted by molar-refractivity contribution is 4.52. The second-order valence-corrected chi connectivity index (χ2v) is 3.90. The summed E-state index contributed by atoms with van der Waals surface area (Å²) in [7, 11) is 0. The van der Waals surface area contributed by atoms with Crippen molar-refractivity contribution >= 4 is 0 Å². The molecule has 0 heterocycles. The van der Waals surface area contributed by atoms with Gasteiger partial charge < -0.3 is 9.84 Å². The summed E-state index contributed by atoms with van der Waals surface area (Å²) >= 11 is 0. The molecule has 0 fully saturated rings. The number of hydrogen-bond acceptors (Lipinski definition) is 2. The van der Waals surface area contributed by atoms with Crippen LogP contribution in [0.3, 0.4) is 0 Å². The van der Waals surface area contributed by atoms with E-state index < -0.39 is 0 Å². The third-order valence-electron chi connectivity index (χ3n) is 2.71. The van der Waals surface area contributed by atoms with Crippen molar-refractivity contribution in [2.45, 2.75) is 52.4 Å². The van der Waals surface area contributed by atoms with Crippen LogP contribution >= 0.6 is 0 Å². The maximum absolute atomic E-state index is 8.57. The van der Waals surface area contributed by atoms with Gasteiger partial charge in [0, 0.05) is 19.8 Å². The number of hydrogen-bond donors (Lipinski definition) is 1. The van der Waals surface area contributed by atoms with Crippen LogP contribution in [0.4, 0.5) is 0 Å². The molecular weight excluding hydrogens is 176 g/mol. The highest BCUT2D eigenvalue weighted by atomic mass is 16.5. The Balaban J connectivity index is 3.04. The summed E-state index contributed by atoms with van der Waals surface area (Å²) in [6, 6.07) is 0. The molecule has 0 aromatic heterocycles. The van der Waals surface area contributed by atoms with Gasteiger partial charge in [0.15, 0.2) is 0 Å². The zero-order valence-electron chi connectivity index (χ0n) is 9.80. The average Bonchev–Trinajstić information content (AvgIpc) is 2.22. The Hall–Kier alpha value is -0.0800. The molecule has 2 heteroatoms. The van der Waals surface area contributed by atoms with Crippen LogP contribution < -0.4 is 0 Å². The molecular formula is C12H26O2. The molecule has 0 aliphatic rings. The van der Waals surface area contributed by atoms with Crippen LogP contribution in [-0.4, -0.2) is 24.9 Å². The second kappa shape index (κ2) is 11.0. The molecule has 0 aromatic carbocycles. The highest BCUT2D eigenvalue weighted by Crippen LogP contribution is 2.08. The molecule has 0 saturated heterocycles. The lowest BCUT2D eigenvalue weighted by Gasteiger charge is -2.12. The molecule has 0 bridgehead atoms. The first-order chi connectivity index (χ1) is 6.85. The molecule has 14 heavy (non-hydrogen) atoms. The van der Waals surface area contributed by atoms with Crippen LogP contribution in [0, 0.1) is 5.92 Å². The lowest BCUT2D eigenvalue weighted by molar-refractivity contribution is 0.0930. The summed E-state index contributed by atoms with van der Waals surface area (Å²) in [5, 5.41) is 8.57. The van der Waals surface area contributed by atoms with E-state index in [1.165, 1.54) is 19.3 Å². The molecule has 0 amide bonds. The third-order valence-corrected chi connectivity index (χ3v) is 2.71. The van der Waals surface area contributed by atoms with E-state index in [4.69, 9.17) is 9.84 Å². The van der Waals surface area contributed by atoms with Gasteiger partial charge in [0.05, 0.1) is 0 Å². The van der Waals surface area contributed by atoms with Gasteiger partial charge in [-0.25, -0.2) is 0 Å². The first kappa shape index (κ1) is 13.9. The van der Waals surface area contributed by atoms with Gasteiger partial charge in [0.1, 0.15) is 0 Å². The fourth-order valence-electron chi connectivity index (χ4n) is 1.44. The maximum atomic E-state index is 8.57. The minimum atomic E-state index is 0.328. The summed E-state index contributed by atoms with van der Waals surface area (Å²) < 4.78 is 5.60. The van der Waals surface area contributed by atoms with E-state index in [0.29, 0.717) is 6.61 Å². The lowest BCUT2D eigenvalue weighted by atomic mass is 10.1. The molecule has 2 nitrogen and oxygen atoms in total. The molecule has 0 aliphatic heterocycles. The highest BCUT2D eigenvalue weighted by Gasteiger charge is 2.02. The van der Waals surface area contributed by atoms with E-state index in [2.05, 4.69) is 13.8 Å². The van der Waals surface area contributed by atoms with Gasteiger partial charge in [-0.2, -0.15) is 0 Å². The number of aliphatic hydroxyl groups is 1. The van der Waals surface area contributed by atoms with Crippen molar-refractivity contribution < 1.29 is 9.84 Å². The fourth-order valence-corrected chi connectivity index (χ4v) is 1.44. The van der Waals surface area contributed by atoms with Gasteiger partial charge in [0.25, 0.3) is 0 Å². The summed E-state index contributed by atoms with van der Waals surface area (Å²) in [5.41, 5.74) is 0. The van der Waals surface area contributed by atoms with E-state index >= 15 is 0 Å². The molecule has 0 atom stereocenters. The van der Waals surface area contributed by atoms with Crippen LogP contribution in [0.5, 0.6) is 0 Å². The standard InChI is InChI=1S/C12H26O2/c1-3-12(4-2)11-14-10-8-6-5-7-9-13/h12-13H,3-11H2,1-2H3. The predicted octanol–water partition coefficient (Wildman–Crippen LogP) is 2.99. The Morgan fingerprint density at radius 2 is 1.64 bits per heavy atom. The van der Waals surface area contributed by atoms with E-state index in [0.717, 1.165) is 38.4 Å². The Labute approximate surface area is 88.7 Å². The summed E-state index contributed by atoms with van der Waals surface area (Å²) in [6.07, 6.45) is 6.84. The molecule has 0 spiro atoms. The van der Waals surface area contributed by atoms with Crippen molar-refractivity contribution in [3.8, 4) is 0 Å². The second-order valence-electron chi connectivity index (χ2n) is 3.90. The van der Waals surface area contributed by atoms with Crippen molar-refractivity contribution in [3.63, 3.8) is 0 Å². The normalized spacial score (nSPS) is 11.1. The van der Waals surface area contributed by atoms with Crippen LogP contribution in [0.2, 0.25) is 0 Å². The predicted molar refractivity (Wildman–Crippen MR) is 60.4 cm³/mol. The minimum absolute atomic E-state index is 0.328. The first-order valence-corrected chi connectivity index (χ1v) is 6.03. The summed E-state index contributed by atoms with van der Waals surface area (Å²) in [6.45, 7) is 6.58. The van der Waals surface area contributed by atoms with Crippen LogP contribution in [0.25, 0.3) is 0 Å². The Kier molecular flexibility index (Phi) is 10.9. The zero-order chi connectivity index (χ0) is 10.6. The number of aliphatic hydroxyl groups excluding tert-OH is 1. The van der Waals surface area contributed by atoms with Crippen molar-refractivity contribution in [2.24, 2.45) is 5.92 Å². The first-order valence-electron chi connectivity index (χ1n) is 6.03. The molecule has 0 rings (SSSR count). The average molecular weight is 202 g/mol. The summed E-state index contributed by atoms with van der Waals surface area (Å²) in [4.78, 5) is 0. The molecule has 1 N–H and O–H groups in total. The zero-order valence-corrected chi connectivity index (χ0v) is 9.80. The topological polar surface area (TPSA) is 29.5 Å². The van der Waals surface area contributed by atoms with Gasteiger partial charge in [-0.05, 0) is 18.8 Å².